The molecule has 0 aromatic carbocycles. The fourth-order valence-corrected chi connectivity index (χ4v) is 1.87. The van der Waals surface area contributed by atoms with Crippen molar-refractivity contribution in [1.29, 1.82) is 0 Å². The van der Waals surface area contributed by atoms with E-state index in [1.165, 1.54) is 12.3 Å². The minimum absolute atomic E-state index is 0.0435. The fraction of sp³-hybridized carbons (Fsp3) is 0.600. The predicted octanol–water partition coefficient (Wildman–Crippen LogP) is 3.35. The number of rotatable bonds is 8. The lowest BCUT2D eigenvalue weighted by atomic mass is 10.1. The van der Waals surface area contributed by atoms with Crippen LogP contribution in [0.1, 0.15) is 56.8 Å². The van der Waals surface area contributed by atoms with Crippen molar-refractivity contribution < 1.29 is 9.18 Å². The molecular weight excluding hydrogens is 257 g/mol. The summed E-state index contributed by atoms with van der Waals surface area (Å²) in [7, 11) is 0. The predicted molar refractivity (Wildman–Crippen MR) is 79.4 cm³/mol. The maximum atomic E-state index is 14.2. The standard InChI is InChI=1S/C15H24FN3O/c1-4-6-7-11(3)19-15(20)12-8-10-18-14(13(12)16)17-9-5-2/h8,10-11H,4-7,9H2,1-3H3,(H,17,18)(H,19,20). The first-order valence-corrected chi connectivity index (χ1v) is 7.29. The van der Waals surface area contributed by atoms with Crippen molar-refractivity contribution in [1.82, 2.24) is 10.3 Å². The molecule has 0 fully saturated rings. The molecule has 0 aliphatic heterocycles. The van der Waals surface area contributed by atoms with E-state index in [2.05, 4.69) is 22.5 Å². The smallest absolute Gasteiger partial charge is 0.254 e. The molecular formula is C15H24FN3O. The first-order chi connectivity index (χ1) is 9.60. The Hall–Kier alpha value is -1.65. The molecule has 0 aliphatic rings. The molecule has 1 amide bonds. The minimum Gasteiger partial charge on any atom is -0.368 e. The highest BCUT2D eigenvalue weighted by molar-refractivity contribution is 5.95. The summed E-state index contributed by atoms with van der Waals surface area (Å²) in [4.78, 5) is 16.0. The molecule has 0 radical (unpaired) electrons. The van der Waals surface area contributed by atoms with Gasteiger partial charge in [0.2, 0.25) is 0 Å². The van der Waals surface area contributed by atoms with Gasteiger partial charge in [0.1, 0.15) is 0 Å². The molecule has 0 saturated heterocycles. The summed E-state index contributed by atoms with van der Waals surface area (Å²) in [5.41, 5.74) is 0.0435. The summed E-state index contributed by atoms with van der Waals surface area (Å²) in [5.74, 6) is -0.824. The van der Waals surface area contributed by atoms with Crippen LogP contribution >= 0.6 is 0 Å². The highest BCUT2D eigenvalue weighted by Crippen LogP contribution is 2.15. The second kappa shape index (κ2) is 8.51. The number of carbonyl (C=O) groups is 1. The van der Waals surface area contributed by atoms with E-state index in [0.29, 0.717) is 6.54 Å². The van der Waals surface area contributed by atoms with E-state index < -0.39 is 5.82 Å². The summed E-state index contributed by atoms with van der Waals surface area (Å²) in [6.07, 6.45) is 5.34. The van der Waals surface area contributed by atoms with Gasteiger partial charge in [-0.25, -0.2) is 9.37 Å². The lowest BCUT2D eigenvalue weighted by Crippen LogP contribution is -2.33. The van der Waals surface area contributed by atoms with E-state index in [1.54, 1.807) is 0 Å². The molecule has 5 heteroatoms. The van der Waals surface area contributed by atoms with E-state index >= 15 is 0 Å². The van der Waals surface area contributed by atoms with Crippen molar-refractivity contribution in [2.45, 2.75) is 52.5 Å². The van der Waals surface area contributed by atoms with Gasteiger partial charge < -0.3 is 10.6 Å². The quantitative estimate of drug-likeness (QED) is 0.768. The Balaban J connectivity index is 2.72. The first-order valence-electron chi connectivity index (χ1n) is 7.29. The monoisotopic (exact) mass is 281 g/mol. The van der Waals surface area contributed by atoms with Crippen LogP contribution in [0.3, 0.4) is 0 Å². The van der Waals surface area contributed by atoms with Crippen LogP contribution < -0.4 is 10.6 Å². The molecule has 1 aromatic heterocycles. The van der Waals surface area contributed by atoms with E-state index in [-0.39, 0.29) is 23.3 Å². The Labute approximate surface area is 120 Å². The molecule has 112 valence electrons. The third kappa shape index (κ3) is 4.79. The number of pyridine rings is 1. The van der Waals surface area contributed by atoms with Crippen LogP contribution in [0.4, 0.5) is 10.2 Å². The Morgan fingerprint density at radius 1 is 1.40 bits per heavy atom. The third-order valence-corrected chi connectivity index (χ3v) is 3.04. The molecule has 1 aromatic rings. The van der Waals surface area contributed by atoms with Gasteiger partial charge in [-0.1, -0.05) is 26.7 Å². The highest BCUT2D eigenvalue weighted by Gasteiger charge is 2.17. The summed E-state index contributed by atoms with van der Waals surface area (Å²) >= 11 is 0. The number of aromatic nitrogens is 1. The third-order valence-electron chi connectivity index (χ3n) is 3.04. The summed E-state index contributed by atoms with van der Waals surface area (Å²) in [6, 6.07) is 1.45. The molecule has 4 nitrogen and oxygen atoms in total. The topological polar surface area (TPSA) is 54.0 Å². The molecule has 1 unspecified atom stereocenters. The number of hydrogen-bond acceptors (Lipinski definition) is 3. The summed E-state index contributed by atoms with van der Waals surface area (Å²) < 4.78 is 14.2. The van der Waals surface area contributed by atoms with Gasteiger partial charge in [0.25, 0.3) is 5.91 Å². The molecule has 2 N–H and O–H groups in total. The van der Waals surface area contributed by atoms with Crippen LogP contribution in [-0.2, 0) is 0 Å². The number of carbonyl (C=O) groups excluding carboxylic acids is 1. The molecule has 1 atom stereocenters. The Morgan fingerprint density at radius 2 is 2.15 bits per heavy atom. The van der Waals surface area contributed by atoms with Crippen molar-refractivity contribution >= 4 is 11.7 Å². The van der Waals surface area contributed by atoms with Gasteiger partial charge in [-0.3, -0.25) is 4.79 Å². The molecule has 1 heterocycles. The summed E-state index contributed by atoms with van der Waals surface area (Å²) in [5, 5.41) is 5.70. The van der Waals surface area contributed by atoms with Gasteiger partial charge in [-0.2, -0.15) is 0 Å². The zero-order valence-electron chi connectivity index (χ0n) is 12.5. The fourth-order valence-electron chi connectivity index (χ4n) is 1.87. The van der Waals surface area contributed by atoms with Crippen molar-refractivity contribution in [3.8, 4) is 0 Å². The zero-order valence-corrected chi connectivity index (χ0v) is 12.5. The van der Waals surface area contributed by atoms with Crippen LogP contribution in [0.15, 0.2) is 12.3 Å². The largest absolute Gasteiger partial charge is 0.368 e. The number of nitrogens with zero attached hydrogens (tertiary/aromatic N) is 1. The number of halogens is 1. The Bertz CT molecular complexity index is 437. The van der Waals surface area contributed by atoms with Gasteiger partial charge in [-0.05, 0) is 25.8 Å². The van der Waals surface area contributed by atoms with Gasteiger partial charge in [0, 0.05) is 18.8 Å². The molecule has 0 spiro atoms. The van der Waals surface area contributed by atoms with Crippen LogP contribution in [0.25, 0.3) is 0 Å². The second-order valence-corrected chi connectivity index (χ2v) is 4.96. The molecule has 0 bridgehead atoms. The number of unbranched alkanes of at least 4 members (excludes halogenated alkanes) is 1. The maximum absolute atomic E-state index is 14.2. The van der Waals surface area contributed by atoms with Crippen LogP contribution in [0, 0.1) is 5.82 Å². The molecule has 1 rings (SSSR count). The number of nitrogens with one attached hydrogen (secondary N) is 2. The average Bonchev–Trinajstić information content (AvgIpc) is 2.43. The van der Waals surface area contributed by atoms with Crippen LogP contribution in [0.5, 0.6) is 0 Å². The van der Waals surface area contributed by atoms with Crippen molar-refractivity contribution in [3.63, 3.8) is 0 Å². The SMILES string of the molecule is CCCCC(C)NC(=O)c1ccnc(NCCC)c1F. The highest BCUT2D eigenvalue weighted by atomic mass is 19.1. The van der Waals surface area contributed by atoms with E-state index in [9.17, 15) is 9.18 Å². The molecule has 0 aliphatic carbocycles. The molecule has 0 saturated carbocycles. The number of hydrogen-bond donors (Lipinski definition) is 2. The van der Waals surface area contributed by atoms with Gasteiger partial charge in [0.05, 0.1) is 5.56 Å². The summed E-state index contributed by atoms with van der Waals surface area (Å²) in [6.45, 7) is 6.64. The van der Waals surface area contributed by atoms with Crippen LogP contribution in [0.2, 0.25) is 0 Å². The van der Waals surface area contributed by atoms with Crippen molar-refractivity contribution in [2.75, 3.05) is 11.9 Å². The second-order valence-electron chi connectivity index (χ2n) is 4.96. The molecule has 20 heavy (non-hydrogen) atoms. The van der Waals surface area contributed by atoms with Gasteiger partial charge >= 0.3 is 0 Å². The normalized spacial score (nSPS) is 12.0. The van der Waals surface area contributed by atoms with E-state index in [0.717, 1.165) is 25.7 Å². The lowest BCUT2D eigenvalue weighted by molar-refractivity contribution is 0.0934. The number of amides is 1. The minimum atomic E-state index is -0.582. The average molecular weight is 281 g/mol. The zero-order chi connectivity index (χ0) is 15.0. The van der Waals surface area contributed by atoms with E-state index in [1.807, 2.05) is 13.8 Å². The van der Waals surface area contributed by atoms with Crippen LogP contribution in [-0.4, -0.2) is 23.5 Å². The van der Waals surface area contributed by atoms with Gasteiger partial charge in [-0.15, -0.1) is 0 Å². The van der Waals surface area contributed by atoms with E-state index in [4.69, 9.17) is 0 Å². The maximum Gasteiger partial charge on any atom is 0.254 e. The van der Waals surface area contributed by atoms with Crippen molar-refractivity contribution in [3.05, 3.63) is 23.6 Å². The Kier molecular flexibility index (Phi) is 6.98. The first kappa shape index (κ1) is 16.4. The number of anilines is 1. The van der Waals surface area contributed by atoms with Gasteiger partial charge in [0.15, 0.2) is 11.6 Å². The van der Waals surface area contributed by atoms with Crippen molar-refractivity contribution in [2.24, 2.45) is 0 Å². The lowest BCUT2D eigenvalue weighted by Gasteiger charge is -2.14. The Morgan fingerprint density at radius 3 is 2.80 bits per heavy atom.